The lowest BCUT2D eigenvalue weighted by molar-refractivity contribution is -0.118. The second-order valence-corrected chi connectivity index (χ2v) is 8.34. The number of benzene rings is 2. The van der Waals surface area contributed by atoms with Gasteiger partial charge >= 0.3 is 0 Å². The smallest absolute Gasteiger partial charge is 0.250 e. The molecule has 0 unspecified atom stereocenters. The average Bonchev–Trinajstić information content (AvgIpc) is 2.98. The van der Waals surface area contributed by atoms with Crippen LogP contribution in [0.1, 0.15) is 22.5 Å². The molecule has 1 aromatic heterocycles. The molecule has 150 valence electrons. The molecule has 4 nitrogen and oxygen atoms in total. The summed E-state index contributed by atoms with van der Waals surface area (Å²) in [6.07, 6.45) is 1.67. The first kappa shape index (κ1) is 21.5. The number of thioether (sulfide) groups is 1. The van der Waals surface area contributed by atoms with Crippen molar-refractivity contribution < 1.29 is 4.79 Å². The molecular weight excluding hydrogens is 425 g/mol. The first-order valence-electron chi connectivity index (χ1n) is 9.03. The number of halogens is 2. The van der Waals surface area contributed by atoms with Crippen LogP contribution in [0.5, 0.6) is 0 Å². The summed E-state index contributed by atoms with van der Waals surface area (Å²) in [5.41, 5.74) is 7.70. The third-order valence-corrected chi connectivity index (χ3v) is 6.00. The number of rotatable bonds is 7. The van der Waals surface area contributed by atoms with Crippen molar-refractivity contribution >= 4 is 47.1 Å². The minimum Gasteiger partial charge on any atom is -0.318 e. The van der Waals surface area contributed by atoms with E-state index in [-0.39, 0.29) is 5.91 Å². The van der Waals surface area contributed by atoms with Crippen molar-refractivity contribution in [1.29, 1.82) is 0 Å². The topological polar surface area (TPSA) is 46.4 Å². The van der Waals surface area contributed by atoms with E-state index in [2.05, 4.69) is 15.1 Å². The molecule has 3 rings (SSSR count). The minimum absolute atomic E-state index is 0.148. The van der Waals surface area contributed by atoms with E-state index < -0.39 is 0 Å². The van der Waals surface area contributed by atoms with Gasteiger partial charge in [-0.1, -0.05) is 41.4 Å². The van der Waals surface area contributed by atoms with Gasteiger partial charge in [0, 0.05) is 38.4 Å². The van der Waals surface area contributed by atoms with Crippen LogP contribution >= 0.6 is 35.0 Å². The van der Waals surface area contributed by atoms with E-state index >= 15 is 0 Å². The number of aromatic nitrogens is 1. The van der Waals surface area contributed by atoms with Gasteiger partial charge in [0.15, 0.2) is 0 Å². The van der Waals surface area contributed by atoms with E-state index in [0.29, 0.717) is 16.5 Å². The highest BCUT2D eigenvalue weighted by molar-refractivity contribution is 7.99. The normalized spacial score (nSPS) is 11.2. The Labute approximate surface area is 184 Å². The van der Waals surface area contributed by atoms with Crippen LogP contribution < -0.4 is 5.43 Å². The van der Waals surface area contributed by atoms with Crippen molar-refractivity contribution in [2.75, 3.05) is 5.75 Å². The number of hydrazone groups is 1. The van der Waals surface area contributed by atoms with Gasteiger partial charge < -0.3 is 4.57 Å². The first-order chi connectivity index (χ1) is 14.0. The van der Waals surface area contributed by atoms with E-state index in [1.54, 1.807) is 6.21 Å². The average molecular weight is 446 g/mol. The van der Waals surface area contributed by atoms with Crippen LogP contribution in [0.4, 0.5) is 0 Å². The van der Waals surface area contributed by atoms with Crippen molar-refractivity contribution in [3.05, 3.63) is 87.2 Å². The van der Waals surface area contributed by atoms with Crippen LogP contribution in [0.25, 0.3) is 5.69 Å². The van der Waals surface area contributed by atoms with E-state index in [1.165, 1.54) is 11.8 Å². The predicted molar refractivity (Wildman–Crippen MR) is 124 cm³/mol. The summed E-state index contributed by atoms with van der Waals surface area (Å²) in [6.45, 7) is 4.05. The van der Waals surface area contributed by atoms with E-state index in [0.717, 1.165) is 33.2 Å². The minimum atomic E-state index is -0.148. The number of nitrogens with one attached hydrogen (secondary N) is 1. The van der Waals surface area contributed by atoms with Crippen LogP contribution in [0.15, 0.2) is 59.7 Å². The van der Waals surface area contributed by atoms with Crippen LogP contribution in [0.3, 0.4) is 0 Å². The van der Waals surface area contributed by atoms with E-state index in [1.807, 2.05) is 68.4 Å². The highest BCUT2D eigenvalue weighted by Crippen LogP contribution is 2.22. The zero-order chi connectivity index (χ0) is 20.8. The second-order valence-electron chi connectivity index (χ2n) is 6.52. The molecule has 0 saturated heterocycles. The fourth-order valence-electron chi connectivity index (χ4n) is 2.98. The largest absolute Gasteiger partial charge is 0.318 e. The molecule has 29 heavy (non-hydrogen) atoms. The molecule has 1 N–H and O–H groups in total. The second kappa shape index (κ2) is 10.0. The quantitative estimate of drug-likeness (QED) is 0.369. The van der Waals surface area contributed by atoms with Crippen molar-refractivity contribution in [3.63, 3.8) is 0 Å². The molecule has 0 aliphatic carbocycles. The maximum atomic E-state index is 12.0. The third-order valence-electron chi connectivity index (χ3n) is 4.40. The van der Waals surface area contributed by atoms with Crippen molar-refractivity contribution in [2.45, 2.75) is 19.6 Å². The van der Waals surface area contributed by atoms with Crippen LogP contribution in [-0.4, -0.2) is 22.4 Å². The predicted octanol–water partition coefficient (Wildman–Crippen LogP) is 5.78. The SMILES string of the molecule is Cc1cc(/C=N\NC(=O)CSCc2ccccc2Cl)c(C)n1-c1ccc(Cl)cc1. The van der Waals surface area contributed by atoms with Gasteiger partial charge in [-0.3, -0.25) is 4.79 Å². The summed E-state index contributed by atoms with van der Waals surface area (Å²) in [5.74, 6) is 0.843. The molecule has 2 aromatic carbocycles. The number of carbonyl (C=O) groups is 1. The lowest BCUT2D eigenvalue weighted by Gasteiger charge is -2.09. The Morgan fingerprint density at radius 1 is 1.14 bits per heavy atom. The Bertz CT molecular complexity index is 1030. The Morgan fingerprint density at radius 2 is 1.86 bits per heavy atom. The number of amides is 1. The molecule has 3 aromatic rings. The fourth-order valence-corrected chi connectivity index (χ4v) is 4.21. The highest BCUT2D eigenvalue weighted by Gasteiger charge is 2.09. The lowest BCUT2D eigenvalue weighted by Crippen LogP contribution is -2.19. The molecule has 0 saturated carbocycles. The molecule has 7 heteroatoms. The Kier molecular flexibility index (Phi) is 7.42. The van der Waals surface area contributed by atoms with E-state index in [4.69, 9.17) is 23.2 Å². The molecule has 1 heterocycles. The number of aryl methyl sites for hydroxylation is 1. The number of hydrogen-bond acceptors (Lipinski definition) is 3. The van der Waals surface area contributed by atoms with Gasteiger partial charge in [-0.25, -0.2) is 5.43 Å². The molecule has 0 fully saturated rings. The van der Waals surface area contributed by atoms with E-state index in [9.17, 15) is 4.79 Å². The van der Waals surface area contributed by atoms with Gasteiger partial charge in [0.05, 0.1) is 12.0 Å². The summed E-state index contributed by atoms with van der Waals surface area (Å²) >= 11 is 13.6. The summed E-state index contributed by atoms with van der Waals surface area (Å²) in [6, 6.07) is 17.3. The van der Waals surface area contributed by atoms with Crippen molar-refractivity contribution in [1.82, 2.24) is 9.99 Å². The number of hydrogen-bond donors (Lipinski definition) is 1. The van der Waals surface area contributed by atoms with Crippen LogP contribution in [0.2, 0.25) is 10.0 Å². The van der Waals surface area contributed by atoms with Crippen LogP contribution in [-0.2, 0) is 10.5 Å². The maximum Gasteiger partial charge on any atom is 0.250 e. The number of nitrogens with zero attached hydrogens (tertiary/aromatic N) is 2. The summed E-state index contributed by atoms with van der Waals surface area (Å²) < 4.78 is 2.12. The van der Waals surface area contributed by atoms with Gasteiger partial charge in [0.1, 0.15) is 0 Å². The first-order valence-corrected chi connectivity index (χ1v) is 10.9. The fraction of sp³-hybridized carbons (Fsp3) is 0.182. The molecule has 0 atom stereocenters. The summed E-state index contributed by atoms with van der Waals surface area (Å²) in [5, 5.41) is 5.53. The van der Waals surface area contributed by atoms with Crippen molar-refractivity contribution in [3.8, 4) is 5.69 Å². The summed E-state index contributed by atoms with van der Waals surface area (Å²) in [4.78, 5) is 12.0. The van der Waals surface area contributed by atoms with Gasteiger partial charge in [0.25, 0.3) is 0 Å². The molecule has 1 amide bonds. The number of carbonyl (C=O) groups excluding carboxylic acids is 1. The zero-order valence-electron chi connectivity index (χ0n) is 16.2. The Balaban J connectivity index is 1.56. The molecule has 0 spiro atoms. The van der Waals surface area contributed by atoms with Gasteiger partial charge in [-0.2, -0.15) is 5.10 Å². The monoisotopic (exact) mass is 445 g/mol. The highest BCUT2D eigenvalue weighted by atomic mass is 35.5. The maximum absolute atomic E-state index is 12.0. The van der Waals surface area contributed by atoms with Gasteiger partial charge in [-0.05, 0) is 55.8 Å². The molecule has 0 aliphatic rings. The standard InChI is InChI=1S/C22H21Cl2N3OS/c1-15-11-18(16(2)27(15)20-9-7-19(23)8-10-20)12-25-26-22(28)14-29-13-17-5-3-4-6-21(17)24/h3-12H,13-14H2,1-2H3,(H,26,28)/b25-12-. The van der Waals surface area contributed by atoms with Gasteiger partial charge in [-0.15, -0.1) is 11.8 Å². The third kappa shape index (κ3) is 5.66. The Hall–Kier alpha value is -2.21. The molecule has 0 aliphatic heterocycles. The van der Waals surface area contributed by atoms with Crippen molar-refractivity contribution in [2.24, 2.45) is 5.10 Å². The zero-order valence-corrected chi connectivity index (χ0v) is 18.5. The van der Waals surface area contributed by atoms with Gasteiger partial charge in [0.2, 0.25) is 5.91 Å². The lowest BCUT2D eigenvalue weighted by atomic mass is 10.2. The molecular formula is C22H21Cl2N3OS. The van der Waals surface area contributed by atoms with Crippen LogP contribution in [0, 0.1) is 13.8 Å². The molecule has 0 radical (unpaired) electrons. The summed E-state index contributed by atoms with van der Waals surface area (Å²) in [7, 11) is 0. The molecule has 0 bridgehead atoms. The Morgan fingerprint density at radius 3 is 2.59 bits per heavy atom.